The molecule has 0 saturated heterocycles. The molecule has 0 spiro atoms. The smallest absolute Gasteiger partial charge is 0.354 e. The fourth-order valence-corrected chi connectivity index (χ4v) is 4.32. The molecule has 0 fully saturated rings. The summed E-state index contributed by atoms with van der Waals surface area (Å²) >= 11 is 1.64. The molecule has 4 rings (SSSR count). The molecule has 5 nitrogen and oxygen atoms in total. The highest BCUT2D eigenvalue weighted by Crippen LogP contribution is 2.44. The summed E-state index contributed by atoms with van der Waals surface area (Å²) in [6.07, 6.45) is 0.812. The molecule has 0 aliphatic carbocycles. The Morgan fingerprint density at radius 2 is 1.93 bits per heavy atom. The van der Waals surface area contributed by atoms with Crippen LogP contribution < -0.4 is 9.47 Å². The molecule has 0 N–H and O–H groups in total. The SMILES string of the molecule is CCOC(=O)c1cc(-c2ccsc2)c2n1CCc1cc(OC)c(OC)cc1-2. The number of methoxy groups -OCH3 is 2. The number of esters is 1. The van der Waals surface area contributed by atoms with Crippen LogP contribution in [-0.2, 0) is 17.7 Å². The van der Waals surface area contributed by atoms with Crippen molar-refractivity contribution in [3.8, 4) is 33.9 Å². The zero-order chi connectivity index (χ0) is 19.0. The molecule has 6 heteroatoms. The lowest BCUT2D eigenvalue weighted by Gasteiger charge is -2.23. The zero-order valence-corrected chi connectivity index (χ0v) is 16.4. The van der Waals surface area contributed by atoms with Gasteiger partial charge in [-0.25, -0.2) is 4.79 Å². The second-order valence-corrected chi connectivity index (χ2v) is 7.07. The van der Waals surface area contributed by atoms with E-state index in [2.05, 4.69) is 16.0 Å². The maximum absolute atomic E-state index is 12.5. The van der Waals surface area contributed by atoms with Crippen LogP contribution >= 0.6 is 11.3 Å². The molecule has 0 bridgehead atoms. The normalized spacial score (nSPS) is 12.3. The first kappa shape index (κ1) is 17.7. The second kappa shape index (κ2) is 7.12. The molecule has 1 aliphatic rings. The second-order valence-electron chi connectivity index (χ2n) is 6.29. The molecule has 0 unspecified atom stereocenters. The lowest BCUT2D eigenvalue weighted by molar-refractivity contribution is 0.0514. The maximum atomic E-state index is 12.5. The molecule has 3 heterocycles. The summed E-state index contributed by atoms with van der Waals surface area (Å²) in [7, 11) is 3.28. The van der Waals surface area contributed by atoms with E-state index < -0.39 is 0 Å². The average Bonchev–Trinajstić information content (AvgIpc) is 3.34. The van der Waals surface area contributed by atoms with Gasteiger partial charge in [0.1, 0.15) is 5.69 Å². The fraction of sp³-hybridized carbons (Fsp3) is 0.286. The Bertz CT molecular complexity index is 988. The van der Waals surface area contributed by atoms with E-state index in [0.717, 1.165) is 41.1 Å². The quantitative estimate of drug-likeness (QED) is 0.603. The number of aromatic nitrogens is 1. The van der Waals surface area contributed by atoms with Crippen molar-refractivity contribution in [3.63, 3.8) is 0 Å². The Morgan fingerprint density at radius 1 is 1.15 bits per heavy atom. The van der Waals surface area contributed by atoms with Crippen LogP contribution in [0.5, 0.6) is 11.5 Å². The van der Waals surface area contributed by atoms with E-state index in [-0.39, 0.29) is 5.97 Å². The number of nitrogens with zero attached hydrogens (tertiary/aromatic N) is 1. The average molecular weight is 383 g/mol. The van der Waals surface area contributed by atoms with E-state index >= 15 is 0 Å². The van der Waals surface area contributed by atoms with E-state index in [9.17, 15) is 4.79 Å². The number of ether oxygens (including phenoxy) is 3. The fourth-order valence-electron chi connectivity index (χ4n) is 3.66. The van der Waals surface area contributed by atoms with Crippen molar-refractivity contribution in [2.75, 3.05) is 20.8 Å². The van der Waals surface area contributed by atoms with E-state index in [1.54, 1.807) is 25.6 Å². The number of hydrogen-bond acceptors (Lipinski definition) is 5. The molecule has 27 heavy (non-hydrogen) atoms. The van der Waals surface area contributed by atoms with Crippen LogP contribution in [0.3, 0.4) is 0 Å². The number of hydrogen-bond donors (Lipinski definition) is 0. The Kier molecular flexibility index (Phi) is 4.66. The first-order valence-electron chi connectivity index (χ1n) is 8.86. The molecule has 2 aromatic heterocycles. The van der Waals surface area contributed by atoms with Gasteiger partial charge in [-0.15, -0.1) is 0 Å². The number of fused-ring (bicyclic) bond motifs is 3. The number of carbonyl (C=O) groups is 1. The summed E-state index contributed by atoms with van der Waals surface area (Å²) in [5, 5.41) is 4.14. The van der Waals surface area contributed by atoms with Gasteiger partial charge in [-0.05, 0) is 59.5 Å². The van der Waals surface area contributed by atoms with E-state index in [1.807, 2.05) is 30.5 Å². The van der Waals surface area contributed by atoms with Crippen LogP contribution in [0.4, 0.5) is 0 Å². The minimum absolute atomic E-state index is 0.288. The molecule has 0 amide bonds. The molecular formula is C21H21NO4S. The van der Waals surface area contributed by atoms with Gasteiger partial charge >= 0.3 is 5.97 Å². The third-order valence-corrected chi connectivity index (χ3v) is 5.57. The highest BCUT2D eigenvalue weighted by atomic mass is 32.1. The first-order valence-corrected chi connectivity index (χ1v) is 9.80. The highest BCUT2D eigenvalue weighted by Gasteiger charge is 2.28. The molecular weight excluding hydrogens is 362 g/mol. The lowest BCUT2D eigenvalue weighted by atomic mass is 9.94. The van der Waals surface area contributed by atoms with Gasteiger partial charge in [-0.2, -0.15) is 11.3 Å². The van der Waals surface area contributed by atoms with Gasteiger partial charge < -0.3 is 18.8 Å². The van der Waals surface area contributed by atoms with Gasteiger partial charge in [-0.3, -0.25) is 0 Å². The number of carbonyl (C=O) groups excluding carboxylic acids is 1. The van der Waals surface area contributed by atoms with Crippen LogP contribution in [0, 0.1) is 0 Å². The summed E-state index contributed by atoms with van der Waals surface area (Å²) in [4.78, 5) is 12.5. The van der Waals surface area contributed by atoms with Gasteiger partial charge in [-0.1, -0.05) is 0 Å². The topological polar surface area (TPSA) is 49.7 Å². The highest BCUT2D eigenvalue weighted by molar-refractivity contribution is 7.08. The molecule has 140 valence electrons. The zero-order valence-electron chi connectivity index (χ0n) is 15.6. The molecule has 1 aliphatic heterocycles. The Morgan fingerprint density at radius 3 is 2.59 bits per heavy atom. The third kappa shape index (κ3) is 2.90. The summed E-state index contributed by atoms with van der Waals surface area (Å²) in [6.45, 7) is 2.90. The van der Waals surface area contributed by atoms with E-state index in [0.29, 0.717) is 18.1 Å². The standard InChI is InChI=1S/C21H21NO4S/c1-4-26-21(23)17-10-15(14-6-8-27-12-14)20-16-11-19(25-3)18(24-2)9-13(16)5-7-22(17)20/h6,8-12H,4-5,7H2,1-3H3. The molecule has 0 atom stereocenters. The van der Waals surface area contributed by atoms with Crippen LogP contribution in [0.2, 0.25) is 0 Å². The van der Waals surface area contributed by atoms with Crippen molar-refractivity contribution in [1.82, 2.24) is 4.57 Å². The Labute approximate surface area is 162 Å². The van der Waals surface area contributed by atoms with Gasteiger partial charge in [0.25, 0.3) is 0 Å². The van der Waals surface area contributed by atoms with Crippen molar-refractivity contribution >= 4 is 17.3 Å². The summed E-state index contributed by atoms with van der Waals surface area (Å²) < 4.78 is 18.3. The van der Waals surface area contributed by atoms with Crippen molar-refractivity contribution in [1.29, 1.82) is 0 Å². The van der Waals surface area contributed by atoms with Crippen LogP contribution in [-0.4, -0.2) is 31.4 Å². The lowest BCUT2D eigenvalue weighted by Crippen LogP contribution is -2.17. The number of thiophene rings is 1. The minimum Gasteiger partial charge on any atom is -0.493 e. The number of benzene rings is 1. The van der Waals surface area contributed by atoms with Gasteiger partial charge in [0, 0.05) is 17.7 Å². The number of rotatable bonds is 5. The minimum atomic E-state index is -0.288. The van der Waals surface area contributed by atoms with E-state index in [4.69, 9.17) is 14.2 Å². The van der Waals surface area contributed by atoms with Gasteiger partial charge in [0.15, 0.2) is 11.5 Å². The first-order chi connectivity index (χ1) is 13.2. The Balaban J connectivity index is 1.97. The summed E-state index contributed by atoms with van der Waals surface area (Å²) in [6, 6.07) is 8.06. The number of aryl methyl sites for hydroxylation is 1. The predicted molar refractivity (Wildman–Crippen MR) is 106 cm³/mol. The predicted octanol–water partition coefficient (Wildman–Crippen LogP) is 4.63. The van der Waals surface area contributed by atoms with Crippen molar-refractivity contribution in [3.05, 3.63) is 46.3 Å². The molecule has 0 saturated carbocycles. The Hall–Kier alpha value is -2.73. The van der Waals surface area contributed by atoms with Gasteiger partial charge in [0.2, 0.25) is 0 Å². The van der Waals surface area contributed by atoms with Crippen molar-refractivity contribution in [2.24, 2.45) is 0 Å². The van der Waals surface area contributed by atoms with Crippen LogP contribution in [0.1, 0.15) is 23.0 Å². The molecule has 0 radical (unpaired) electrons. The van der Waals surface area contributed by atoms with E-state index in [1.165, 1.54) is 5.56 Å². The van der Waals surface area contributed by atoms with Crippen LogP contribution in [0.25, 0.3) is 22.4 Å². The van der Waals surface area contributed by atoms with Gasteiger partial charge in [0.05, 0.1) is 26.5 Å². The largest absolute Gasteiger partial charge is 0.493 e. The molecule has 3 aromatic rings. The monoisotopic (exact) mass is 383 g/mol. The van der Waals surface area contributed by atoms with Crippen molar-refractivity contribution < 1.29 is 19.0 Å². The van der Waals surface area contributed by atoms with Crippen molar-refractivity contribution in [2.45, 2.75) is 19.9 Å². The molecule has 1 aromatic carbocycles. The summed E-state index contributed by atoms with van der Waals surface area (Å²) in [5.41, 5.74) is 6.00. The van der Waals surface area contributed by atoms with Crippen LogP contribution in [0.15, 0.2) is 35.0 Å². The third-order valence-electron chi connectivity index (χ3n) is 4.88. The summed E-state index contributed by atoms with van der Waals surface area (Å²) in [5.74, 6) is 1.11. The maximum Gasteiger partial charge on any atom is 0.354 e.